The van der Waals surface area contributed by atoms with Crippen LogP contribution in [0, 0.1) is 5.82 Å². The van der Waals surface area contributed by atoms with E-state index in [4.69, 9.17) is 0 Å². The molecule has 3 aromatic rings. The zero-order chi connectivity index (χ0) is 17.6. The van der Waals surface area contributed by atoms with Crippen LogP contribution < -0.4 is 10.6 Å². The molecular weight excluding hydrogens is 321 g/mol. The largest absolute Gasteiger partial charge is 0.346 e. The van der Waals surface area contributed by atoms with E-state index in [1.165, 1.54) is 11.6 Å². The molecule has 0 radical (unpaired) electrons. The first-order valence-electron chi connectivity index (χ1n) is 7.95. The third kappa shape index (κ3) is 4.00. The summed E-state index contributed by atoms with van der Waals surface area (Å²) in [6.07, 6.45) is 0.952. The highest BCUT2D eigenvalue weighted by molar-refractivity contribution is 5.97. The first kappa shape index (κ1) is 16.6. The highest BCUT2D eigenvalue weighted by Crippen LogP contribution is 2.18. The van der Waals surface area contributed by atoms with Crippen molar-refractivity contribution in [1.29, 1.82) is 0 Å². The number of aromatic nitrogens is 3. The van der Waals surface area contributed by atoms with Crippen LogP contribution >= 0.6 is 0 Å². The summed E-state index contributed by atoms with van der Waals surface area (Å²) < 4.78 is 13.6. The molecule has 6 nitrogen and oxygen atoms in total. The molecule has 0 aliphatic rings. The van der Waals surface area contributed by atoms with Gasteiger partial charge in [0.25, 0.3) is 5.91 Å². The van der Waals surface area contributed by atoms with E-state index >= 15 is 0 Å². The highest BCUT2D eigenvalue weighted by atomic mass is 19.1. The van der Waals surface area contributed by atoms with Crippen molar-refractivity contribution in [2.75, 3.05) is 5.32 Å². The number of rotatable bonds is 6. The number of carbonyl (C=O) groups excluding carboxylic acids is 1. The van der Waals surface area contributed by atoms with Crippen molar-refractivity contribution in [2.24, 2.45) is 0 Å². The van der Waals surface area contributed by atoms with Crippen LogP contribution in [0.25, 0.3) is 0 Å². The van der Waals surface area contributed by atoms with Crippen molar-refractivity contribution < 1.29 is 9.18 Å². The lowest BCUT2D eigenvalue weighted by atomic mass is 10.1. The molecule has 2 aromatic carbocycles. The monoisotopic (exact) mass is 339 g/mol. The van der Waals surface area contributed by atoms with Crippen LogP contribution in [-0.2, 0) is 13.0 Å². The van der Waals surface area contributed by atoms with E-state index in [0.29, 0.717) is 11.4 Å². The fraction of sp³-hybridized carbons (Fsp3) is 0.167. The number of carbonyl (C=O) groups is 1. The highest BCUT2D eigenvalue weighted by Gasteiger charge is 2.17. The fourth-order valence-electron chi connectivity index (χ4n) is 2.34. The van der Waals surface area contributed by atoms with Crippen molar-refractivity contribution in [2.45, 2.75) is 19.9 Å². The van der Waals surface area contributed by atoms with Crippen LogP contribution in [0.15, 0.2) is 48.5 Å². The Kier molecular flexibility index (Phi) is 5.03. The zero-order valence-electron chi connectivity index (χ0n) is 13.7. The number of hydrogen-bond donors (Lipinski definition) is 3. The van der Waals surface area contributed by atoms with Gasteiger partial charge in [-0.05, 0) is 30.2 Å². The van der Waals surface area contributed by atoms with Gasteiger partial charge in [0.2, 0.25) is 0 Å². The first-order valence-corrected chi connectivity index (χ1v) is 7.95. The molecule has 0 atom stereocenters. The molecule has 1 heterocycles. The molecule has 0 aliphatic carbocycles. The minimum atomic E-state index is -0.440. The molecule has 0 saturated carbocycles. The third-order valence-electron chi connectivity index (χ3n) is 3.79. The molecule has 3 rings (SSSR count). The van der Waals surface area contributed by atoms with Crippen molar-refractivity contribution in [3.8, 4) is 0 Å². The second-order valence-corrected chi connectivity index (χ2v) is 5.47. The number of anilines is 2. The summed E-state index contributed by atoms with van der Waals surface area (Å²) in [6.45, 7) is 2.15. The molecular formula is C18H18FN5O. The van der Waals surface area contributed by atoms with Gasteiger partial charge in [0, 0.05) is 17.8 Å². The number of nitrogens with one attached hydrogen (secondary N) is 3. The lowest BCUT2D eigenvalue weighted by Crippen LogP contribution is -2.24. The third-order valence-corrected chi connectivity index (χ3v) is 3.79. The second kappa shape index (κ2) is 7.57. The minimum Gasteiger partial charge on any atom is -0.346 e. The van der Waals surface area contributed by atoms with Crippen molar-refractivity contribution in [3.05, 3.63) is 71.2 Å². The number of aryl methyl sites for hydroxylation is 1. The van der Waals surface area contributed by atoms with Gasteiger partial charge in [-0.2, -0.15) is 5.21 Å². The number of H-pyrrole nitrogens is 1. The second-order valence-electron chi connectivity index (χ2n) is 5.47. The van der Waals surface area contributed by atoms with Gasteiger partial charge in [-0.1, -0.05) is 37.3 Å². The molecule has 0 saturated heterocycles. The van der Waals surface area contributed by atoms with E-state index in [2.05, 4.69) is 33.0 Å². The molecule has 128 valence electrons. The smallest absolute Gasteiger partial charge is 0.275 e. The average molecular weight is 339 g/mol. The Morgan fingerprint density at radius 1 is 1.12 bits per heavy atom. The van der Waals surface area contributed by atoms with E-state index in [0.717, 1.165) is 12.1 Å². The molecule has 0 fully saturated rings. The van der Waals surface area contributed by atoms with Gasteiger partial charge < -0.3 is 10.6 Å². The molecule has 1 aromatic heterocycles. The van der Waals surface area contributed by atoms with Crippen LogP contribution in [-0.4, -0.2) is 21.3 Å². The molecule has 0 aliphatic heterocycles. The van der Waals surface area contributed by atoms with Gasteiger partial charge in [-0.3, -0.25) is 4.79 Å². The Labute approximate surface area is 144 Å². The van der Waals surface area contributed by atoms with E-state index in [-0.39, 0.29) is 18.1 Å². The molecule has 3 N–H and O–H groups in total. The van der Waals surface area contributed by atoms with Gasteiger partial charge in [0.05, 0.1) is 0 Å². The van der Waals surface area contributed by atoms with Crippen LogP contribution in [0.2, 0.25) is 0 Å². The van der Waals surface area contributed by atoms with Crippen molar-refractivity contribution >= 4 is 17.4 Å². The summed E-state index contributed by atoms with van der Waals surface area (Å²) in [7, 11) is 0. The quantitative estimate of drug-likeness (QED) is 0.644. The Bertz CT molecular complexity index is 860. The summed E-state index contributed by atoms with van der Waals surface area (Å²) >= 11 is 0. The number of hydrogen-bond acceptors (Lipinski definition) is 4. The van der Waals surface area contributed by atoms with Crippen LogP contribution in [0.3, 0.4) is 0 Å². The predicted molar refractivity (Wildman–Crippen MR) is 93.1 cm³/mol. The molecule has 1 amide bonds. The van der Waals surface area contributed by atoms with Gasteiger partial charge in [-0.25, -0.2) is 4.39 Å². The van der Waals surface area contributed by atoms with Crippen molar-refractivity contribution in [1.82, 2.24) is 20.7 Å². The first-order chi connectivity index (χ1) is 12.2. The summed E-state index contributed by atoms with van der Waals surface area (Å²) in [5, 5.41) is 16.0. The lowest BCUT2D eigenvalue weighted by Gasteiger charge is -2.07. The van der Waals surface area contributed by atoms with E-state index in [1.807, 2.05) is 24.3 Å². The van der Waals surface area contributed by atoms with Gasteiger partial charge >= 0.3 is 0 Å². The van der Waals surface area contributed by atoms with Crippen LogP contribution in [0.1, 0.15) is 28.5 Å². The van der Waals surface area contributed by atoms with Crippen molar-refractivity contribution in [3.63, 3.8) is 0 Å². The van der Waals surface area contributed by atoms with Crippen LogP contribution in [0.4, 0.5) is 15.9 Å². The minimum absolute atomic E-state index is 0.0724. The maximum atomic E-state index is 13.6. The van der Waals surface area contributed by atoms with E-state index in [9.17, 15) is 9.18 Å². The summed E-state index contributed by atoms with van der Waals surface area (Å²) in [5.74, 6) is -0.489. The number of amides is 1. The topological polar surface area (TPSA) is 82.7 Å². The van der Waals surface area contributed by atoms with Gasteiger partial charge in [0.1, 0.15) is 5.82 Å². The Balaban J connectivity index is 1.67. The summed E-state index contributed by atoms with van der Waals surface area (Å²) in [4.78, 5) is 12.3. The maximum absolute atomic E-state index is 13.6. The van der Waals surface area contributed by atoms with E-state index in [1.54, 1.807) is 18.2 Å². The SMILES string of the molecule is CCc1ccc(Nc2n[nH]nc2C(=O)NCc2ccccc2F)cc1. The standard InChI is InChI=1S/C18H18FN5O/c1-2-12-7-9-14(10-8-12)21-17-16(22-24-23-17)18(25)20-11-13-5-3-4-6-15(13)19/h3-10H,2,11H2,1H3,(H,20,25)(H2,21,22,23,24). The normalized spacial score (nSPS) is 10.5. The van der Waals surface area contributed by atoms with Gasteiger partial charge in [0.15, 0.2) is 11.5 Å². The van der Waals surface area contributed by atoms with Gasteiger partial charge in [-0.15, -0.1) is 10.2 Å². The summed E-state index contributed by atoms with van der Waals surface area (Å²) in [5.41, 5.74) is 2.54. The number of aromatic amines is 1. The average Bonchev–Trinajstić information content (AvgIpc) is 3.09. The maximum Gasteiger partial charge on any atom is 0.275 e. The summed E-state index contributed by atoms with van der Waals surface area (Å²) in [6, 6.07) is 14.1. The fourth-order valence-corrected chi connectivity index (χ4v) is 2.34. The van der Waals surface area contributed by atoms with Crippen LogP contribution in [0.5, 0.6) is 0 Å². The Hall–Kier alpha value is -3.22. The lowest BCUT2D eigenvalue weighted by molar-refractivity contribution is 0.0946. The number of halogens is 1. The van der Waals surface area contributed by atoms with E-state index < -0.39 is 5.91 Å². The Morgan fingerprint density at radius 3 is 2.60 bits per heavy atom. The zero-order valence-corrected chi connectivity index (χ0v) is 13.7. The number of nitrogens with zero attached hydrogens (tertiary/aromatic N) is 2. The molecule has 0 bridgehead atoms. The molecule has 0 unspecified atom stereocenters. The molecule has 7 heteroatoms. The number of benzene rings is 2. The molecule has 25 heavy (non-hydrogen) atoms. The Morgan fingerprint density at radius 2 is 1.88 bits per heavy atom. The predicted octanol–water partition coefficient (Wildman–Crippen LogP) is 3.18. The molecule has 0 spiro atoms.